The van der Waals surface area contributed by atoms with Gasteiger partial charge >= 0.3 is 6.09 Å². The Morgan fingerprint density at radius 2 is 2.00 bits per heavy atom. The first-order valence-electron chi connectivity index (χ1n) is 9.48. The van der Waals surface area contributed by atoms with E-state index < -0.39 is 5.60 Å². The zero-order valence-corrected chi connectivity index (χ0v) is 17.2. The number of ether oxygens (including phenoxy) is 3. The normalized spacial score (nSPS) is 18.3. The highest BCUT2D eigenvalue weighted by Gasteiger charge is 2.29. The lowest BCUT2D eigenvalue weighted by molar-refractivity contribution is 0.00523. The maximum atomic E-state index is 12.2. The standard InChI is InChI=1S/C20H33N3O4/c1-15-14-23(19(24)27-20(2,3)4)11-10-22(15)9-6-12-26-17-8-7-16(21)13-18(17)25-5/h7-8,13,15H,6,9-12,14,21H2,1-5H3/t15-/m0/s1. The fraction of sp³-hybridized carbons (Fsp3) is 0.650. The number of hydrogen-bond donors (Lipinski definition) is 1. The Balaban J connectivity index is 1.74. The van der Waals surface area contributed by atoms with E-state index in [1.54, 1.807) is 24.1 Å². The smallest absolute Gasteiger partial charge is 0.410 e. The molecule has 2 rings (SSSR count). The molecule has 152 valence electrons. The number of nitrogens with two attached hydrogens (primary N) is 1. The number of amides is 1. The Labute approximate surface area is 162 Å². The molecule has 0 saturated carbocycles. The highest BCUT2D eigenvalue weighted by molar-refractivity contribution is 5.68. The minimum atomic E-state index is -0.460. The average molecular weight is 380 g/mol. The largest absolute Gasteiger partial charge is 0.493 e. The van der Waals surface area contributed by atoms with Crippen LogP contribution in [0.2, 0.25) is 0 Å². The van der Waals surface area contributed by atoms with E-state index >= 15 is 0 Å². The zero-order chi connectivity index (χ0) is 20.0. The first kappa shape index (κ1) is 21.2. The van der Waals surface area contributed by atoms with Crippen molar-refractivity contribution in [1.29, 1.82) is 0 Å². The van der Waals surface area contributed by atoms with Crippen molar-refractivity contribution in [2.45, 2.75) is 45.8 Å². The van der Waals surface area contributed by atoms with Crippen molar-refractivity contribution in [2.75, 3.05) is 45.6 Å². The van der Waals surface area contributed by atoms with Gasteiger partial charge in [0.1, 0.15) is 5.60 Å². The third kappa shape index (κ3) is 6.50. The first-order chi connectivity index (χ1) is 12.7. The molecule has 1 fully saturated rings. The van der Waals surface area contributed by atoms with Crippen LogP contribution in [0.5, 0.6) is 11.5 Å². The number of nitrogen functional groups attached to an aromatic ring is 1. The Hall–Kier alpha value is -2.15. The summed E-state index contributed by atoms with van der Waals surface area (Å²) in [4.78, 5) is 16.4. The Bertz CT molecular complexity index is 630. The van der Waals surface area contributed by atoms with Crippen molar-refractivity contribution in [3.05, 3.63) is 18.2 Å². The number of nitrogens with zero attached hydrogens (tertiary/aromatic N) is 2. The third-order valence-corrected chi connectivity index (χ3v) is 4.45. The van der Waals surface area contributed by atoms with Crippen molar-refractivity contribution in [3.8, 4) is 11.5 Å². The van der Waals surface area contributed by atoms with Gasteiger partial charge in [-0.3, -0.25) is 4.90 Å². The molecule has 27 heavy (non-hydrogen) atoms. The van der Waals surface area contributed by atoms with Crippen molar-refractivity contribution < 1.29 is 19.0 Å². The number of piperazine rings is 1. The van der Waals surface area contributed by atoms with Gasteiger partial charge in [-0.25, -0.2) is 4.79 Å². The molecule has 1 saturated heterocycles. The molecule has 0 aliphatic carbocycles. The minimum absolute atomic E-state index is 0.229. The van der Waals surface area contributed by atoms with Crippen LogP contribution in [0.15, 0.2) is 18.2 Å². The molecule has 0 unspecified atom stereocenters. The highest BCUT2D eigenvalue weighted by Crippen LogP contribution is 2.29. The summed E-state index contributed by atoms with van der Waals surface area (Å²) >= 11 is 0. The molecule has 0 aromatic heterocycles. The van der Waals surface area contributed by atoms with Gasteiger partial charge in [0.25, 0.3) is 0 Å². The molecule has 0 radical (unpaired) electrons. The molecule has 7 nitrogen and oxygen atoms in total. The van der Waals surface area contributed by atoms with Crippen LogP contribution >= 0.6 is 0 Å². The van der Waals surface area contributed by atoms with Gasteiger partial charge in [0, 0.05) is 44.0 Å². The third-order valence-electron chi connectivity index (χ3n) is 4.45. The number of rotatable bonds is 6. The van der Waals surface area contributed by atoms with Crippen LogP contribution in [0.25, 0.3) is 0 Å². The predicted molar refractivity (Wildman–Crippen MR) is 106 cm³/mol. The summed E-state index contributed by atoms with van der Waals surface area (Å²) < 4.78 is 16.6. The molecule has 1 heterocycles. The fourth-order valence-corrected chi connectivity index (χ4v) is 3.07. The molecule has 0 spiro atoms. The van der Waals surface area contributed by atoms with Crippen LogP contribution in [0, 0.1) is 0 Å². The van der Waals surface area contributed by atoms with Crippen molar-refractivity contribution in [1.82, 2.24) is 9.80 Å². The van der Waals surface area contributed by atoms with Crippen LogP contribution in [0.4, 0.5) is 10.5 Å². The molecule has 1 aromatic carbocycles. The average Bonchev–Trinajstić information content (AvgIpc) is 2.59. The molecule has 1 amide bonds. The lowest BCUT2D eigenvalue weighted by Crippen LogP contribution is -2.54. The molecular weight excluding hydrogens is 346 g/mol. The quantitative estimate of drug-likeness (QED) is 0.605. The van der Waals surface area contributed by atoms with Gasteiger partial charge < -0.3 is 24.8 Å². The molecule has 0 bridgehead atoms. The Morgan fingerprint density at radius 3 is 2.63 bits per heavy atom. The van der Waals surface area contributed by atoms with E-state index in [0.29, 0.717) is 36.9 Å². The van der Waals surface area contributed by atoms with Crippen LogP contribution < -0.4 is 15.2 Å². The van der Waals surface area contributed by atoms with Crippen LogP contribution in [0.1, 0.15) is 34.1 Å². The van der Waals surface area contributed by atoms with Crippen molar-refractivity contribution in [2.24, 2.45) is 0 Å². The first-order valence-corrected chi connectivity index (χ1v) is 9.48. The maximum absolute atomic E-state index is 12.2. The lowest BCUT2D eigenvalue weighted by Gasteiger charge is -2.40. The van der Waals surface area contributed by atoms with Gasteiger partial charge in [0.2, 0.25) is 0 Å². The van der Waals surface area contributed by atoms with E-state index in [-0.39, 0.29) is 12.1 Å². The molecular formula is C20H33N3O4. The maximum Gasteiger partial charge on any atom is 0.410 e. The molecule has 1 aliphatic rings. The lowest BCUT2D eigenvalue weighted by atomic mass is 10.2. The number of anilines is 1. The monoisotopic (exact) mass is 379 g/mol. The number of methoxy groups -OCH3 is 1. The van der Waals surface area contributed by atoms with Gasteiger partial charge in [-0.2, -0.15) is 0 Å². The Kier molecular flexibility index (Phi) is 7.18. The number of carbonyl (C=O) groups excluding carboxylic acids is 1. The summed E-state index contributed by atoms with van der Waals surface area (Å²) in [7, 11) is 1.60. The molecule has 1 aliphatic heterocycles. The summed E-state index contributed by atoms with van der Waals surface area (Å²) in [5.41, 5.74) is 5.95. The van der Waals surface area contributed by atoms with Gasteiger partial charge in [-0.05, 0) is 46.2 Å². The minimum Gasteiger partial charge on any atom is -0.493 e. The topological polar surface area (TPSA) is 77.3 Å². The predicted octanol–water partition coefficient (Wildman–Crippen LogP) is 2.99. The van der Waals surface area contributed by atoms with Crippen LogP contribution in [0.3, 0.4) is 0 Å². The van der Waals surface area contributed by atoms with E-state index in [0.717, 1.165) is 19.5 Å². The van der Waals surface area contributed by atoms with E-state index in [4.69, 9.17) is 19.9 Å². The number of carbonyl (C=O) groups is 1. The molecule has 2 N–H and O–H groups in total. The summed E-state index contributed by atoms with van der Waals surface area (Å²) in [5.74, 6) is 1.35. The van der Waals surface area contributed by atoms with Gasteiger partial charge in [-0.15, -0.1) is 0 Å². The number of hydrogen-bond acceptors (Lipinski definition) is 6. The summed E-state index contributed by atoms with van der Waals surface area (Å²) in [6, 6.07) is 5.68. The van der Waals surface area contributed by atoms with E-state index in [2.05, 4.69) is 11.8 Å². The van der Waals surface area contributed by atoms with E-state index in [1.807, 2.05) is 26.8 Å². The molecule has 1 aromatic rings. The van der Waals surface area contributed by atoms with Crippen LogP contribution in [-0.2, 0) is 4.74 Å². The van der Waals surface area contributed by atoms with E-state index in [1.165, 1.54) is 0 Å². The van der Waals surface area contributed by atoms with Gasteiger partial charge in [0.15, 0.2) is 11.5 Å². The van der Waals surface area contributed by atoms with Gasteiger partial charge in [0.05, 0.1) is 13.7 Å². The van der Waals surface area contributed by atoms with Gasteiger partial charge in [-0.1, -0.05) is 0 Å². The molecule has 7 heteroatoms. The second-order valence-corrected chi connectivity index (χ2v) is 7.92. The van der Waals surface area contributed by atoms with E-state index in [9.17, 15) is 4.79 Å². The highest BCUT2D eigenvalue weighted by atomic mass is 16.6. The molecule has 1 atom stereocenters. The SMILES string of the molecule is COc1cc(N)ccc1OCCCN1CCN(C(=O)OC(C)(C)C)C[C@@H]1C. The van der Waals surface area contributed by atoms with Crippen LogP contribution in [-0.4, -0.2) is 67.4 Å². The summed E-state index contributed by atoms with van der Waals surface area (Å²) in [6.45, 7) is 11.5. The summed E-state index contributed by atoms with van der Waals surface area (Å²) in [5, 5.41) is 0. The fourth-order valence-electron chi connectivity index (χ4n) is 3.07. The second-order valence-electron chi connectivity index (χ2n) is 7.92. The van der Waals surface area contributed by atoms with Crippen molar-refractivity contribution in [3.63, 3.8) is 0 Å². The Morgan fingerprint density at radius 1 is 1.26 bits per heavy atom. The second kappa shape index (κ2) is 9.17. The number of benzene rings is 1. The van der Waals surface area contributed by atoms with Crippen molar-refractivity contribution >= 4 is 11.8 Å². The summed E-state index contributed by atoms with van der Waals surface area (Å²) in [6.07, 6.45) is 0.664. The zero-order valence-electron chi connectivity index (χ0n) is 17.2.